The highest BCUT2D eigenvalue weighted by Gasteiger charge is 1.98. The van der Waals surface area contributed by atoms with E-state index in [9.17, 15) is 0 Å². The third kappa shape index (κ3) is 2.73. The number of nitrogens with one attached hydrogen (secondary N) is 1. The summed E-state index contributed by atoms with van der Waals surface area (Å²) in [4.78, 5) is 3.94. The summed E-state index contributed by atoms with van der Waals surface area (Å²) >= 11 is 3.51. The fraction of sp³-hybridized carbons (Fsp3) is 0.0833. The number of rotatable bonds is 3. The topological polar surface area (TPSA) is 50.9 Å². The summed E-state index contributed by atoms with van der Waals surface area (Å²) in [6, 6.07) is 11.8. The molecule has 3 N–H and O–H groups in total. The van der Waals surface area contributed by atoms with Crippen LogP contribution < -0.4 is 11.1 Å². The number of nitrogen functional groups attached to an aromatic ring is 1. The van der Waals surface area contributed by atoms with Crippen molar-refractivity contribution >= 4 is 27.4 Å². The summed E-state index contributed by atoms with van der Waals surface area (Å²) in [6.07, 6.45) is 1.69. The minimum Gasteiger partial charge on any atom is -0.384 e. The third-order valence-corrected chi connectivity index (χ3v) is 3.00. The number of halogens is 1. The van der Waals surface area contributed by atoms with E-state index in [0.29, 0.717) is 5.82 Å². The van der Waals surface area contributed by atoms with E-state index < -0.39 is 0 Å². The number of nitrogens with two attached hydrogens (primary N) is 1. The van der Waals surface area contributed by atoms with Crippen LogP contribution in [0.2, 0.25) is 0 Å². The molecule has 0 saturated carbocycles. The number of benzene rings is 1. The lowest BCUT2D eigenvalue weighted by atomic mass is 10.2. The summed E-state index contributed by atoms with van der Waals surface area (Å²) in [6.45, 7) is 0.755. The minimum atomic E-state index is 0.525. The summed E-state index contributed by atoms with van der Waals surface area (Å²) < 4.78 is 1.10. The van der Waals surface area contributed by atoms with Crippen molar-refractivity contribution in [3.05, 3.63) is 52.6 Å². The summed E-state index contributed by atoms with van der Waals surface area (Å²) in [5, 5.41) is 3.29. The van der Waals surface area contributed by atoms with Gasteiger partial charge in [-0.1, -0.05) is 34.1 Å². The van der Waals surface area contributed by atoms with Crippen molar-refractivity contribution in [2.75, 3.05) is 11.1 Å². The van der Waals surface area contributed by atoms with Gasteiger partial charge in [-0.25, -0.2) is 4.98 Å². The fourth-order valence-electron chi connectivity index (χ4n) is 1.40. The van der Waals surface area contributed by atoms with Gasteiger partial charge in [-0.15, -0.1) is 0 Å². The van der Waals surface area contributed by atoms with Gasteiger partial charge in [0.1, 0.15) is 5.82 Å². The summed E-state index contributed by atoms with van der Waals surface area (Å²) in [5.41, 5.74) is 7.78. The first kappa shape index (κ1) is 11.0. The van der Waals surface area contributed by atoms with Gasteiger partial charge in [-0.05, 0) is 17.7 Å². The SMILES string of the molecule is Nc1cc(NCc2ccccc2Br)ccn1. The number of pyridine rings is 1. The highest BCUT2D eigenvalue weighted by atomic mass is 79.9. The molecule has 0 unspecified atom stereocenters. The Bertz CT molecular complexity index is 485. The molecule has 1 aromatic carbocycles. The standard InChI is InChI=1S/C12H12BrN3/c13-11-4-2-1-3-9(11)8-16-10-5-6-15-12(14)7-10/h1-7H,8H2,(H3,14,15,16). The molecule has 0 atom stereocenters. The lowest BCUT2D eigenvalue weighted by Gasteiger charge is -2.08. The maximum Gasteiger partial charge on any atom is 0.125 e. The molecule has 2 rings (SSSR count). The van der Waals surface area contributed by atoms with Crippen LogP contribution in [0.15, 0.2) is 47.1 Å². The van der Waals surface area contributed by atoms with Gasteiger partial charge in [0.2, 0.25) is 0 Å². The monoisotopic (exact) mass is 277 g/mol. The van der Waals surface area contributed by atoms with Crippen LogP contribution in [0, 0.1) is 0 Å². The quantitative estimate of drug-likeness (QED) is 0.907. The zero-order valence-electron chi connectivity index (χ0n) is 8.65. The Morgan fingerprint density at radius 3 is 2.81 bits per heavy atom. The van der Waals surface area contributed by atoms with Gasteiger partial charge in [0.05, 0.1) is 0 Å². The fourth-order valence-corrected chi connectivity index (χ4v) is 1.82. The van der Waals surface area contributed by atoms with E-state index in [4.69, 9.17) is 5.73 Å². The molecule has 0 amide bonds. The molecule has 16 heavy (non-hydrogen) atoms. The number of hydrogen-bond acceptors (Lipinski definition) is 3. The molecular weight excluding hydrogens is 266 g/mol. The van der Waals surface area contributed by atoms with Crippen LogP contribution in [0.4, 0.5) is 11.5 Å². The van der Waals surface area contributed by atoms with Crippen LogP contribution in [-0.2, 0) is 6.54 Å². The predicted molar refractivity (Wildman–Crippen MR) is 70.1 cm³/mol. The van der Waals surface area contributed by atoms with Crippen LogP contribution >= 0.6 is 15.9 Å². The first-order valence-electron chi connectivity index (χ1n) is 4.94. The molecular formula is C12H12BrN3. The van der Waals surface area contributed by atoms with Crippen molar-refractivity contribution in [2.45, 2.75) is 6.54 Å². The lowest BCUT2D eigenvalue weighted by Crippen LogP contribution is -2.01. The van der Waals surface area contributed by atoms with E-state index in [-0.39, 0.29) is 0 Å². The molecule has 0 aliphatic rings. The first-order valence-corrected chi connectivity index (χ1v) is 5.74. The zero-order chi connectivity index (χ0) is 11.4. The second-order valence-corrected chi connectivity index (χ2v) is 4.27. The van der Waals surface area contributed by atoms with Crippen molar-refractivity contribution < 1.29 is 0 Å². The second-order valence-electron chi connectivity index (χ2n) is 3.41. The summed E-state index contributed by atoms with van der Waals surface area (Å²) in [5.74, 6) is 0.525. The van der Waals surface area contributed by atoms with Gasteiger partial charge in [-0.2, -0.15) is 0 Å². The Morgan fingerprint density at radius 2 is 2.06 bits per heavy atom. The summed E-state index contributed by atoms with van der Waals surface area (Å²) in [7, 11) is 0. The Kier molecular flexibility index (Phi) is 3.41. The smallest absolute Gasteiger partial charge is 0.125 e. The van der Waals surface area contributed by atoms with Gasteiger partial charge in [-0.3, -0.25) is 0 Å². The van der Waals surface area contributed by atoms with E-state index >= 15 is 0 Å². The molecule has 0 bridgehead atoms. The Morgan fingerprint density at radius 1 is 1.25 bits per heavy atom. The second kappa shape index (κ2) is 4.99. The van der Waals surface area contributed by atoms with Crippen LogP contribution in [0.5, 0.6) is 0 Å². The van der Waals surface area contributed by atoms with Gasteiger partial charge in [0.15, 0.2) is 0 Å². The Balaban J connectivity index is 2.05. The largest absolute Gasteiger partial charge is 0.384 e. The average molecular weight is 278 g/mol. The van der Waals surface area contributed by atoms with Gasteiger partial charge >= 0.3 is 0 Å². The maximum atomic E-state index is 5.60. The Hall–Kier alpha value is -1.55. The average Bonchev–Trinajstić information content (AvgIpc) is 2.28. The molecule has 0 aliphatic carbocycles. The molecule has 4 heteroatoms. The lowest BCUT2D eigenvalue weighted by molar-refractivity contribution is 1.13. The maximum absolute atomic E-state index is 5.60. The van der Waals surface area contributed by atoms with Crippen LogP contribution in [-0.4, -0.2) is 4.98 Å². The van der Waals surface area contributed by atoms with Crippen molar-refractivity contribution in [3.8, 4) is 0 Å². The third-order valence-electron chi connectivity index (χ3n) is 2.22. The number of anilines is 2. The number of hydrogen-bond donors (Lipinski definition) is 2. The van der Waals surface area contributed by atoms with Crippen molar-refractivity contribution in [2.24, 2.45) is 0 Å². The van der Waals surface area contributed by atoms with E-state index in [2.05, 4.69) is 32.3 Å². The van der Waals surface area contributed by atoms with E-state index in [1.807, 2.05) is 30.3 Å². The minimum absolute atomic E-state index is 0.525. The van der Waals surface area contributed by atoms with E-state index in [1.165, 1.54) is 5.56 Å². The number of aromatic nitrogens is 1. The van der Waals surface area contributed by atoms with Gasteiger partial charge < -0.3 is 11.1 Å². The molecule has 2 aromatic rings. The zero-order valence-corrected chi connectivity index (χ0v) is 10.2. The predicted octanol–water partition coefficient (Wildman–Crippen LogP) is 3.04. The van der Waals surface area contributed by atoms with Crippen molar-refractivity contribution in [1.29, 1.82) is 0 Å². The highest BCUT2D eigenvalue weighted by Crippen LogP contribution is 2.17. The van der Waals surface area contributed by atoms with Crippen LogP contribution in [0.1, 0.15) is 5.56 Å². The number of nitrogens with zero attached hydrogens (tertiary/aromatic N) is 1. The molecule has 0 radical (unpaired) electrons. The van der Waals surface area contributed by atoms with Crippen molar-refractivity contribution in [3.63, 3.8) is 0 Å². The molecule has 0 saturated heterocycles. The molecule has 3 nitrogen and oxygen atoms in total. The molecule has 1 aromatic heterocycles. The Labute approximate surface area is 103 Å². The van der Waals surface area contributed by atoms with E-state index in [0.717, 1.165) is 16.7 Å². The highest BCUT2D eigenvalue weighted by molar-refractivity contribution is 9.10. The molecule has 0 spiro atoms. The first-order chi connectivity index (χ1) is 7.75. The van der Waals surface area contributed by atoms with Crippen molar-refractivity contribution in [1.82, 2.24) is 4.98 Å². The van der Waals surface area contributed by atoms with Gasteiger partial charge in [0.25, 0.3) is 0 Å². The van der Waals surface area contributed by atoms with E-state index in [1.54, 1.807) is 6.20 Å². The molecule has 1 heterocycles. The molecule has 0 fully saturated rings. The van der Waals surface area contributed by atoms with Crippen LogP contribution in [0.3, 0.4) is 0 Å². The molecule has 0 aliphatic heterocycles. The molecule has 82 valence electrons. The van der Waals surface area contributed by atoms with Gasteiger partial charge in [0, 0.05) is 29.0 Å². The van der Waals surface area contributed by atoms with Crippen LogP contribution in [0.25, 0.3) is 0 Å². The normalized spacial score (nSPS) is 10.1.